The SMILES string of the molecule is Cc1cc(-n2c(=O)[nH][nH]c2=O)ccc1C#CCCO. The molecule has 0 aliphatic heterocycles. The molecule has 0 atom stereocenters. The number of nitrogens with one attached hydrogen (secondary N) is 2. The molecule has 0 unspecified atom stereocenters. The van der Waals surface area contributed by atoms with Crippen LogP contribution in [-0.4, -0.2) is 26.5 Å². The zero-order valence-corrected chi connectivity index (χ0v) is 10.4. The van der Waals surface area contributed by atoms with Gasteiger partial charge in [0.15, 0.2) is 0 Å². The summed E-state index contributed by atoms with van der Waals surface area (Å²) in [6.07, 6.45) is 0.415. The van der Waals surface area contributed by atoms with Gasteiger partial charge in [-0.3, -0.25) is 0 Å². The lowest BCUT2D eigenvalue weighted by Crippen LogP contribution is -2.24. The summed E-state index contributed by atoms with van der Waals surface area (Å²) >= 11 is 0. The number of aromatic amines is 2. The Balaban J connectivity index is 2.43. The molecule has 0 bridgehead atoms. The summed E-state index contributed by atoms with van der Waals surface area (Å²) in [4.78, 5) is 22.9. The van der Waals surface area contributed by atoms with E-state index >= 15 is 0 Å². The molecule has 1 aromatic heterocycles. The summed E-state index contributed by atoms with van der Waals surface area (Å²) in [5.74, 6) is 5.75. The van der Waals surface area contributed by atoms with Gasteiger partial charge in [0.05, 0.1) is 12.3 Å². The molecule has 0 fully saturated rings. The Kier molecular flexibility index (Phi) is 3.68. The minimum absolute atomic E-state index is 0.0260. The molecule has 2 rings (SSSR count). The summed E-state index contributed by atoms with van der Waals surface area (Å²) < 4.78 is 1.01. The number of aryl methyl sites for hydroxylation is 1. The number of nitrogens with zero attached hydrogens (tertiary/aromatic N) is 1. The van der Waals surface area contributed by atoms with Crippen molar-refractivity contribution in [3.8, 4) is 17.5 Å². The second-order valence-corrected chi connectivity index (χ2v) is 3.97. The molecule has 3 N–H and O–H groups in total. The van der Waals surface area contributed by atoms with Crippen LogP contribution in [0, 0.1) is 18.8 Å². The summed E-state index contributed by atoms with van der Waals surface area (Å²) in [6, 6.07) is 5.11. The molecule has 1 aromatic carbocycles. The maximum Gasteiger partial charge on any atom is 0.348 e. The standard InChI is InChI=1S/C13H13N3O3/c1-9-8-11(16-12(18)14-15-13(16)19)6-5-10(9)4-2-3-7-17/h5-6,8,17H,3,7H2,1H3,(H,14,18)(H,15,19). The summed E-state index contributed by atoms with van der Waals surface area (Å²) in [5.41, 5.74) is 1.12. The van der Waals surface area contributed by atoms with Crippen LogP contribution in [0.1, 0.15) is 17.5 Å². The van der Waals surface area contributed by atoms with E-state index in [-0.39, 0.29) is 6.61 Å². The third kappa shape index (κ3) is 2.67. The molecule has 0 saturated heterocycles. The van der Waals surface area contributed by atoms with Gasteiger partial charge in [0, 0.05) is 12.0 Å². The Bertz CT molecular complexity index is 728. The zero-order valence-electron chi connectivity index (χ0n) is 10.4. The fourth-order valence-corrected chi connectivity index (χ4v) is 1.69. The average molecular weight is 259 g/mol. The lowest BCUT2D eigenvalue weighted by molar-refractivity contribution is 0.305. The number of aliphatic hydroxyl groups excluding tert-OH is 1. The Morgan fingerprint density at radius 2 is 1.95 bits per heavy atom. The molecule has 2 aromatic rings. The number of aliphatic hydroxyl groups is 1. The van der Waals surface area contributed by atoms with Gasteiger partial charge in [-0.15, -0.1) is 0 Å². The van der Waals surface area contributed by atoms with Crippen molar-refractivity contribution in [1.29, 1.82) is 0 Å². The van der Waals surface area contributed by atoms with Crippen LogP contribution in [0.2, 0.25) is 0 Å². The maximum absolute atomic E-state index is 11.5. The van der Waals surface area contributed by atoms with Crippen LogP contribution in [0.5, 0.6) is 0 Å². The van der Waals surface area contributed by atoms with E-state index in [2.05, 4.69) is 22.0 Å². The molecule has 6 heteroatoms. The highest BCUT2D eigenvalue weighted by Crippen LogP contribution is 2.11. The van der Waals surface area contributed by atoms with Crippen LogP contribution in [-0.2, 0) is 0 Å². The van der Waals surface area contributed by atoms with Crippen molar-refractivity contribution in [2.75, 3.05) is 6.61 Å². The first-order valence-electron chi connectivity index (χ1n) is 5.74. The van der Waals surface area contributed by atoms with Gasteiger partial charge >= 0.3 is 11.4 Å². The molecule has 0 aliphatic carbocycles. The maximum atomic E-state index is 11.5. The van der Waals surface area contributed by atoms with Crippen LogP contribution >= 0.6 is 0 Å². The molecule has 0 aliphatic rings. The first kappa shape index (κ1) is 12.9. The van der Waals surface area contributed by atoms with Crippen molar-refractivity contribution in [1.82, 2.24) is 14.8 Å². The number of benzene rings is 1. The van der Waals surface area contributed by atoms with Gasteiger partial charge in [-0.25, -0.2) is 24.4 Å². The monoisotopic (exact) mass is 259 g/mol. The van der Waals surface area contributed by atoms with Gasteiger partial charge in [-0.2, -0.15) is 0 Å². The van der Waals surface area contributed by atoms with Crippen LogP contribution in [0.15, 0.2) is 27.8 Å². The minimum Gasteiger partial charge on any atom is -0.395 e. The lowest BCUT2D eigenvalue weighted by atomic mass is 10.1. The van der Waals surface area contributed by atoms with E-state index in [0.717, 1.165) is 15.7 Å². The molecule has 19 heavy (non-hydrogen) atoms. The largest absolute Gasteiger partial charge is 0.395 e. The highest BCUT2D eigenvalue weighted by atomic mass is 16.2. The van der Waals surface area contributed by atoms with Crippen LogP contribution < -0.4 is 11.4 Å². The normalized spacial score (nSPS) is 10.0. The van der Waals surface area contributed by atoms with Crippen molar-refractivity contribution in [3.63, 3.8) is 0 Å². The Morgan fingerprint density at radius 3 is 2.53 bits per heavy atom. The van der Waals surface area contributed by atoms with Crippen molar-refractivity contribution >= 4 is 0 Å². The van der Waals surface area contributed by atoms with E-state index < -0.39 is 11.4 Å². The van der Waals surface area contributed by atoms with Crippen LogP contribution in [0.3, 0.4) is 0 Å². The molecule has 1 heterocycles. The Hall–Kier alpha value is -2.52. The van der Waals surface area contributed by atoms with Crippen molar-refractivity contribution in [3.05, 3.63) is 50.3 Å². The third-order valence-corrected chi connectivity index (χ3v) is 2.61. The molecular formula is C13H13N3O3. The first-order valence-corrected chi connectivity index (χ1v) is 5.74. The van der Waals surface area contributed by atoms with Gasteiger partial charge in [0.25, 0.3) is 0 Å². The van der Waals surface area contributed by atoms with E-state index in [1.165, 1.54) is 0 Å². The molecular weight excluding hydrogens is 246 g/mol. The second-order valence-electron chi connectivity index (χ2n) is 3.97. The smallest absolute Gasteiger partial charge is 0.348 e. The predicted molar refractivity (Wildman–Crippen MR) is 70.3 cm³/mol. The molecule has 98 valence electrons. The van der Waals surface area contributed by atoms with E-state index in [9.17, 15) is 9.59 Å². The molecule has 0 amide bonds. The number of aromatic nitrogens is 3. The third-order valence-electron chi connectivity index (χ3n) is 2.61. The van der Waals surface area contributed by atoms with E-state index in [0.29, 0.717) is 12.1 Å². The highest BCUT2D eigenvalue weighted by Gasteiger charge is 2.06. The molecule has 0 spiro atoms. The van der Waals surface area contributed by atoms with E-state index in [1.807, 2.05) is 6.92 Å². The highest BCUT2D eigenvalue weighted by molar-refractivity contribution is 5.47. The zero-order chi connectivity index (χ0) is 13.8. The topological polar surface area (TPSA) is 90.9 Å². The van der Waals surface area contributed by atoms with Crippen LogP contribution in [0.4, 0.5) is 0 Å². The second kappa shape index (κ2) is 5.42. The van der Waals surface area contributed by atoms with E-state index in [1.54, 1.807) is 18.2 Å². The van der Waals surface area contributed by atoms with Gasteiger partial charge in [0.2, 0.25) is 0 Å². The van der Waals surface area contributed by atoms with Crippen LogP contribution in [0.25, 0.3) is 5.69 Å². The van der Waals surface area contributed by atoms with Crippen molar-refractivity contribution in [2.45, 2.75) is 13.3 Å². The van der Waals surface area contributed by atoms with Crippen molar-refractivity contribution < 1.29 is 5.11 Å². The summed E-state index contributed by atoms with van der Waals surface area (Å²) in [7, 11) is 0. The number of hydrogen-bond acceptors (Lipinski definition) is 3. The molecule has 0 radical (unpaired) electrons. The van der Waals surface area contributed by atoms with Gasteiger partial charge in [-0.05, 0) is 30.7 Å². The summed E-state index contributed by atoms with van der Waals surface area (Å²) in [6.45, 7) is 1.87. The molecule has 0 saturated carbocycles. The summed E-state index contributed by atoms with van der Waals surface area (Å²) in [5, 5.41) is 13.1. The van der Waals surface area contributed by atoms with Gasteiger partial charge in [0.1, 0.15) is 0 Å². The average Bonchev–Trinajstić information content (AvgIpc) is 2.71. The van der Waals surface area contributed by atoms with Gasteiger partial charge < -0.3 is 5.11 Å². The lowest BCUT2D eigenvalue weighted by Gasteiger charge is -2.03. The Labute approximate surface area is 108 Å². The minimum atomic E-state index is -0.511. The quantitative estimate of drug-likeness (QED) is 0.657. The predicted octanol–water partition coefficient (Wildman–Crippen LogP) is -0.104. The first-order chi connectivity index (χ1) is 9.13. The number of rotatable bonds is 2. The molecule has 6 nitrogen and oxygen atoms in total. The fourth-order valence-electron chi connectivity index (χ4n) is 1.69. The van der Waals surface area contributed by atoms with E-state index in [4.69, 9.17) is 5.11 Å². The fraction of sp³-hybridized carbons (Fsp3) is 0.231. The van der Waals surface area contributed by atoms with Crippen molar-refractivity contribution in [2.24, 2.45) is 0 Å². The number of hydrogen-bond donors (Lipinski definition) is 3. The van der Waals surface area contributed by atoms with Gasteiger partial charge in [-0.1, -0.05) is 11.8 Å². The number of H-pyrrole nitrogens is 2. The Morgan fingerprint density at radius 1 is 1.26 bits per heavy atom.